The van der Waals surface area contributed by atoms with Gasteiger partial charge in [0.25, 0.3) is 0 Å². The van der Waals surface area contributed by atoms with Crippen LogP contribution in [-0.4, -0.2) is 24.2 Å². The first-order valence-electron chi connectivity index (χ1n) is 11.9. The average molecular weight is 633 g/mol. The molecule has 0 spiro atoms. The van der Waals surface area contributed by atoms with Crippen molar-refractivity contribution in [2.45, 2.75) is 26.1 Å². The SMILES string of the molecule is COc1cc(/C=N\NC(=O)Cc2csc(Nc3cccc(C(F)(F)F)c3)n2)cc(Br)c1OCc1cccc(C)c1. The van der Waals surface area contributed by atoms with E-state index in [0.29, 0.717) is 39.0 Å². The van der Waals surface area contributed by atoms with E-state index in [9.17, 15) is 18.0 Å². The molecule has 0 bridgehead atoms. The first-order chi connectivity index (χ1) is 19.1. The van der Waals surface area contributed by atoms with Gasteiger partial charge < -0.3 is 14.8 Å². The molecule has 1 heterocycles. The predicted molar refractivity (Wildman–Crippen MR) is 152 cm³/mol. The summed E-state index contributed by atoms with van der Waals surface area (Å²) in [5.41, 5.74) is 5.21. The van der Waals surface area contributed by atoms with E-state index in [1.54, 1.807) is 17.5 Å². The van der Waals surface area contributed by atoms with Crippen LogP contribution < -0.4 is 20.2 Å². The molecule has 12 heteroatoms. The summed E-state index contributed by atoms with van der Waals surface area (Å²) in [6.45, 7) is 2.39. The molecule has 4 rings (SSSR count). The molecule has 0 saturated carbocycles. The van der Waals surface area contributed by atoms with Crippen LogP contribution in [0.2, 0.25) is 0 Å². The maximum atomic E-state index is 12.9. The van der Waals surface area contributed by atoms with Crippen LogP contribution in [0.1, 0.15) is 27.9 Å². The molecule has 2 N–H and O–H groups in total. The van der Waals surface area contributed by atoms with Gasteiger partial charge in [-0.3, -0.25) is 4.79 Å². The van der Waals surface area contributed by atoms with Crippen LogP contribution in [0.25, 0.3) is 0 Å². The molecule has 1 amide bonds. The van der Waals surface area contributed by atoms with Crippen molar-refractivity contribution in [2.75, 3.05) is 12.4 Å². The zero-order valence-corrected chi connectivity index (χ0v) is 23.8. The number of amides is 1. The minimum absolute atomic E-state index is 0.0587. The maximum Gasteiger partial charge on any atom is 0.416 e. The van der Waals surface area contributed by atoms with Gasteiger partial charge in [0.05, 0.1) is 35.5 Å². The molecule has 0 aliphatic carbocycles. The summed E-state index contributed by atoms with van der Waals surface area (Å²) in [4.78, 5) is 16.6. The van der Waals surface area contributed by atoms with Crippen LogP contribution >= 0.6 is 27.3 Å². The normalized spacial score (nSPS) is 11.4. The van der Waals surface area contributed by atoms with Crippen molar-refractivity contribution >= 4 is 50.2 Å². The molecule has 0 aliphatic heterocycles. The summed E-state index contributed by atoms with van der Waals surface area (Å²) in [5.74, 6) is 0.637. The highest BCUT2D eigenvalue weighted by molar-refractivity contribution is 9.10. The molecule has 1 aromatic heterocycles. The first-order valence-corrected chi connectivity index (χ1v) is 13.5. The summed E-state index contributed by atoms with van der Waals surface area (Å²) < 4.78 is 50.9. The number of hydrogen-bond donors (Lipinski definition) is 2. The van der Waals surface area contributed by atoms with Gasteiger partial charge in [-0.1, -0.05) is 35.9 Å². The number of aryl methyl sites for hydroxylation is 1. The van der Waals surface area contributed by atoms with Gasteiger partial charge in [0.2, 0.25) is 5.91 Å². The number of nitrogens with one attached hydrogen (secondary N) is 2. The molecule has 7 nitrogen and oxygen atoms in total. The van der Waals surface area contributed by atoms with Gasteiger partial charge in [0.1, 0.15) is 6.61 Å². The fourth-order valence-corrected chi connectivity index (χ4v) is 4.94. The average Bonchev–Trinajstić information content (AvgIpc) is 3.33. The number of carbonyl (C=O) groups excluding carboxylic acids is 1. The number of thiazole rings is 1. The molecule has 0 atom stereocenters. The Balaban J connectivity index is 1.32. The number of rotatable bonds is 10. The Morgan fingerprint density at radius 1 is 1.15 bits per heavy atom. The second-order valence-electron chi connectivity index (χ2n) is 8.63. The quantitative estimate of drug-likeness (QED) is 0.142. The maximum absolute atomic E-state index is 12.9. The Morgan fingerprint density at radius 3 is 2.70 bits per heavy atom. The molecular formula is C28H24BrF3N4O3S. The molecule has 208 valence electrons. The number of halogens is 4. The van der Waals surface area contributed by atoms with Gasteiger partial charge >= 0.3 is 6.18 Å². The summed E-state index contributed by atoms with van der Waals surface area (Å²) in [7, 11) is 1.54. The number of carbonyl (C=O) groups is 1. The van der Waals surface area contributed by atoms with Crippen LogP contribution in [0, 0.1) is 6.92 Å². The van der Waals surface area contributed by atoms with E-state index in [1.807, 2.05) is 31.2 Å². The molecule has 0 unspecified atom stereocenters. The van der Waals surface area contributed by atoms with Crippen LogP contribution in [0.4, 0.5) is 24.0 Å². The van der Waals surface area contributed by atoms with Gasteiger partial charge in [-0.2, -0.15) is 18.3 Å². The van der Waals surface area contributed by atoms with Crippen molar-refractivity contribution in [1.29, 1.82) is 0 Å². The summed E-state index contributed by atoms with van der Waals surface area (Å²) >= 11 is 4.69. The number of hydrogen-bond acceptors (Lipinski definition) is 7. The second-order valence-corrected chi connectivity index (χ2v) is 10.3. The zero-order chi connectivity index (χ0) is 28.7. The number of nitrogens with zero attached hydrogens (tertiary/aromatic N) is 2. The van der Waals surface area contributed by atoms with Crippen LogP contribution in [0.5, 0.6) is 11.5 Å². The van der Waals surface area contributed by atoms with Crippen molar-refractivity contribution < 1.29 is 27.4 Å². The lowest BCUT2D eigenvalue weighted by Crippen LogP contribution is -2.20. The van der Waals surface area contributed by atoms with Crippen molar-refractivity contribution in [3.63, 3.8) is 0 Å². The third-order valence-corrected chi connectivity index (χ3v) is 6.85. The van der Waals surface area contributed by atoms with Crippen molar-refractivity contribution in [2.24, 2.45) is 5.10 Å². The monoisotopic (exact) mass is 632 g/mol. The van der Waals surface area contributed by atoms with Gasteiger partial charge in [0.15, 0.2) is 16.6 Å². The van der Waals surface area contributed by atoms with Crippen molar-refractivity contribution in [3.8, 4) is 11.5 Å². The van der Waals surface area contributed by atoms with Gasteiger partial charge in [-0.25, -0.2) is 10.4 Å². The topological polar surface area (TPSA) is 84.8 Å². The van der Waals surface area contributed by atoms with Crippen LogP contribution in [0.15, 0.2) is 75.6 Å². The highest BCUT2D eigenvalue weighted by Crippen LogP contribution is 2.37. The van der Waals surface area contributed by atoms with E-state index >= 15 is 0 Å². The fraction of sp³-hybridized carbons (Fsp3) is 0.179. The number of aromatic nitrogens is 1. The smallest absolute Gasteiger partial charge is 0.416 e. The highest BCUT2D eigenvalue weighted by atomic mass is 79.9. The predicted octanol–water partition coefficient (Wildman–Crippen LogP) is 7.26. The number of alkyl halides is 3. The second kappa shape index (κ2) is 13.0. The molecule has 0 saturated heterocycles. The summed E-state index contributed by atoms with van der Waals surface area (Å²) in [5, 5.41) is 8.86. The lowest BCUT2D eigenvalue weighted by Gasteiger charge is -2.13. The van der Waals surface area contributed by atoms with E-state index in [1.165, 1.54) is 36.8 Å². The molecule has 40 heavy (non-hydrogen) atoms. The van der Waals surface area contributed by atoms with Gasteiger partial charge in [0, 0.05) is 11.1 Å². The molecule has 0 fully saturated rings. The minimum atomic E-state index is -4.44. The Hall–Kier alpha value is -3.90. The molecular weight excluding hydrogens is 609 g/mol. The number of anilines is 2. The molecule has 0 radical (unpaired) electrons. The van der Waals surface area contributed by atoms with E-state index in [4.69, 9.17) is 9.47 Å². The fourth-order valence-electron chi connectivity index (χ4n) is 3.64. The molecule has 3 aromatic carbocycles. The Bertz CT molecular complexity index is 1520. The lowest BCUT2D eigenvalue weighted by molar-refractivity contribution is -0.137. The first kappa shape index (κ1) is 29.1. The largest absolute Gasteiger partial charge is 0.493 e. The summed E-state index contributed by atoms with van der Waals surface area (Å²) in [6, 6.07) is 16.3. The highest BCUT2D eigenvalue weighted by Gasteiger charge is 2.30. The van der Waals surface area contributed by atoms with Gasteiger partial charge in [-0.05, 0) is 64.3 Å². The Morgan fingerprint density at radius 2 is 1.95 bits per heavy atom. The number of methoxy groups -OCH3 is 1. The lowest BCUT2D eigenvalue weighted by atomic mass is 10.1. The van der Waals surface area contributed by atoms with Crippen LogP contribution in [0.3, 0.4) is 0 Å². The van der Waals surface area contributed by atoms with E-state index in [-0.39, 0.29) is 12.1 Å². The molecule has 4 aromatic rings. The van der Waals surface area contributed by atoms with E-state index in [2.05, 4.69) is 36.8 Å². The van der Waals surface area contributed by atoms with Gasteiger partial charge in [-0.15, -0.1) is 11.3 Å². The Labute approximate surface area is 241 Å². The standard InChI is InChI=1S/C28H24BrF3N4O3S/c1-17-5-3-6-18(9-17)15-39-26-23(29)10-19(11-24(26)38-2)14-33-36-25(37)13-22-16-40-27(35-22)34-21-8-4-7-20(12-21)28(30,31)32/h3-12,14,16H,13,15H2,1-2H3,(H,34,35)(H,36,37)/b33-14-. The third kappa shape index (κ3) is 8.06. The Kier molecular flexibility index (Phi) is 9.43. The summed E-state index contributed by atoms with van der Waals surface area (Å²) in [6.07, 6.45) is -3.03. The number of hydrazone groups is 1. The number of ether oxygens (including phenoxy) is 2. The van der Waals surface area contributed by atoms with E-state index < -0.39 is 17.6 Å². The minimum Gasteiger partial charge on any atom is -0.493 e. The third-order valence-electron chi connectivity index (χ3n) is 5.45. The van der Waals surface area contributed by atoms with Crippen LogP contribution in [-0.2, 0) is 24.0 Å². The van der Waals surface area contributed by atoms with E-state index in [0.717, 1.165) is 23.3 Å². The molecule has 0 aliphatic rings. The number of benzene rings is 3. The van der Waals surface area contributed by atoms with Crippen molar-refractivity contribution in [1.82, 2.24) is 10.4 Å². The van der Waals surface area contributed by atoms with Crippen molar-refractivity contribution in [3.05, 3.63) is 98.5 Å². The zero-order valence-electron chi connectivity index (χ0n) is 21.4.